The molecule has 1 atom stereocenters. The Hall–Kier alpha value is -1.55. The van der Waals surface area contributed by atoms with Crippen molar-refractivity contribution < 1.29 is 4.79 Å². The molecule has 0 radical (unpaired) electrons. The second-order valence-corrected chi connectivity index (χ2v) is 8.57. The minimum absolute atomic E-state index is 0.0992. The van der Waals surface area contributed by atoms with Gasteiger partial charge in [0.05, 0.1) is 5.02 Å². The molecule has 4 nitrogen and oxygen atoms in total. The summed E-state index contributed by atoms with van der Waals surface area (Å²) in [6, 6.07) is 0.311. The van der Waals surface area contributed by atoms with Crippen LogP contribution in [0.2, 0.25) is 5.02 Å². The van der Waals surface area contributed by atoms with E-state index in [1.54, 1.807) is 6.20 Å². The molecule has 2 aromatic heterocycles. The van der Waals surface area contributed by atoms with Crippen molar-refractivity contribution in [3.8, 4) is 0 Å². The van der Waals surface area contributed by atoms with E-state index < -0.39 is 0 Å². The van der Waals surface area contributed by atoms with Crippen LogP contribution in [0.25, 0.3) is 11.0 Å². The molecule has 128 valence electrons. The van der Waals surface area contributed by atoms with Gasteiger partial charge in [0, 0.05) is 49.2 Å². The molecule has 2 aliphatic heterocycles. The molecule has 2 aromatic rings. The number of carbonyl (C=O) groups excluding carboxylic acids is 1. The summed E-state index contributed by atoms with van der Waals surface area (Å²) in [6.45, 7) is 10.4. The van der Waals surface area contributed by atoms with Crippen molar-refractivity contribution in [2.75, 3.05) is 6.54 Å². The lowest BCUT2D eigenvalue weighted by Gasteiger charge is -2.33. The summed E-state index contributed by atoms with van der Waals surface area (Å²) in [5.74, 6) is 0.310. The molecule has 24 heavy (non-hydrogen) atoms. The van der Waals surface area contributed by atoms with Crippen LogP contribution in [0.4, 0.5) is 0 Å². The van der Waals surface area contributed by atoms with Crippen molar-refractivity contribution in [3.05, 3.63) is 28.0 Å². The Bertz CT molecular complexity index is 852. The number of halogens is 1. The molecule has 1 saturated heterocycles. The molecule has 5 heteroatoms. The van der Waals surface area contributed by atoms with E-state index >= 15 is 0 Å². The first-order valence-corrected chi connectivity index (χ1v) is 9.08. The Morgan fingerprint density at radius 3 is 2.71 bits per heavy atom. The van der Waals surface area contributed by atoms with E-state index in [0.29, 0.717) is 18.4 Å². The van der Waals surface area contributed by atoms with E-state index in [2.05, 4.69) is 42.1 Å². The summed E-state index contributed by atoms with van der Waals surface area (Å²) in [4.78, 5) is 19.2. The molecule has 2 aliphatic rings. The molecule has 0 aromatic carbocycles. The van der Waals surface area contributed by atoms with E-state index in [1.807, 2.05) is 0 Å². The molecule has 0 saturated carbocycles. The number of nitrogens with zero attached hydrogens (tertiary/aromatic N) is 3. The topological polar surface area (TPSA) is 38.1 Å². The summed E-state index contributed by atoms with van der Waals surface area (Å²) in [5.41, 5.74) is 4.83. The van der Waals surface area contributed by atoms with Gasteiger partial charge in [-0.3, -0.25) is 4.79 Å². The van der Waals surface area contributed by atoms with Gasteiger partial charge < -0.3 is 9.47 Å². The lowest BCUT2D eigenvalue weighted by molar-refractivity contribution is -0.130. The Balaban J connectivity index is 1.74. The lowest BCUT2D eigenvalue weighted by Crippen LogP contribution is -2.42. The van der Waals surface area contributed by atoms with Crippen LogP contribution in [0.3, 0.4) is 0 Å². The summed E-state index contributed by atoms with van der Waals surface area (Å²) < 4.78 is 2.33. The summed E-state index contributed by atoms with van der Waals surface area (Å²) in [5, 5.41) is 1.91. The summed E-state index contributed by atoms with van der Waals surface area (Å²) in [7, 11) is 0. The third-order valence-electron chi connectivity index (χ3n) is 5.75. The highest BCUT2D eigenvalue weighted by Gasteiger charge is 2.40. The predicted octanol–water partition coefficient (Wildman–Crippen LogP) is 3.88. The summed E-state index contributed by atoms with van der Waals surface area (Å²) in [6.07, 6.45) is 4.34. The third kappa shape index (κ3) is 2.26. The zero-order chi connectivity index (χ0) is 17.2. The van der Waals surface area contributed by atoms with E-state index in [-0.39, 0.29) is 5.41 Å². The van der Waals surface area contributed by atoms with Crippen LogP contribution in [0.5, 0.6) is 0 Å². The van der Waals surface area contributed by atoms with Gasteiger partial charge in [-0.15, -0.1) is 0 Å². The molecule has 0 N–H and O–H groups in total. The van der Waals surface area contributed by atoms with E-state index in [1.165, 1.54) is 16.6 Å². The third-order valence-corrected chi connectivity index (χ3v) is 6.13. The summed E-state index contributed by atoms with van der Waals surface area (Å²) >= 11 is 6.28. The largest absolute Gasteiger partial charge is 0.339 e. The van der Waals surface area contributed by atoms with Gasteiger partial charge in [0.15, 0.2) is 0 Å². The van der Waals surface area contributed by atoms with Crippen LogP contribution < -0.4 is 0 Å². The van der Waals surface area contributed by atoms with Gasteiger partial charge >= 0.3 is 0 Å². The van der Waals surface area contributed by atoms with Crippen LogP contribution in [-0.4, -0.2) is 32.9 Å². The quantitative estimate of drug-likeness (QED) is 0.786. The number of carbonyl (C=O) groups is 1. The highest BCUT2D eigenvalue weighted by molar-refractivity contribution is 6.32. The van der Waals surface area contributed by atoms with Crippen LogP contribution in [-0.2, 0) is 17.8 Å². The molecule has 0 spiro atoms. The SMILES string of the molecule is Cc1c(Cl)cnc2c1c(C)c1n2CCC(N2CC(C)(C)CC2=O)C1. The van der Waals surface area contributed by atoms with Gasteiger partial charge in [-0.05, 0) is 36.8 Å². The number of aryl methyl sites for hydroxylation is 3. The molecule has 0 bridgehead atoms. The van der Waals surface area contributed by atoms with Gasteiger partial charge in [-0.2, -0.15) is 0 Å². The van der Waals surface area contributed by atoms with Crippen molar-refractivity contribution in [2.24, 2.45) is 5.41 Å². The zero-order valence-corrected chi connectivity index (χ0v) is 15.6. The first-order valence-electron chi connectivity index (χ1n) is 8.71. The maximum absolute atomic E-state index is 12.4. The van der Waals surface area contributed by atoms with Gasteiger partial charge in [-0.25, -0.2) is 4.98 Å². The van der Waals surface area contributed by atoms with Gasteiger partial charge in [0.25, 0.3) is 0 Å². The fraction of sp³-hybridized carbons (Fsp3) is 0.579. The first-order chi connectivity index (χ1) is 11.3. The Morgan fingerprint density at radius 2 is 2.04 bits per heavy atom. The fourth-order valence-electron chi connectivity index (χ4n) is 4.52. The van der Waals surface area contributed by atoms with Gasteiger partial charge in [0.1, 0.15) is 5.65 Å². The highest BCUT2D eigenvalue weighted by atomic mass is 35.5. The van der Waals surface area contributed by atoms with Gasteiger partial charge in [0.2, 0.25) is 5.91 Å². The first kappa shape index (κ1) is 15.9. The number of rotatable bonds is 1. The maximum Gasteiger partial charge on any atom is 0.223 e. The van der Waals surface area contributed by atoms with Crippen LogP contribution >= 0.6 is 11.6 Å². The van der Waals surface area contributed by atoms with Crippen molar-refractivity contribution in [2.45, 2.75) is 59.5 Å². The number of hydrogen-bond acceptors (Lipinski definition) is 2. The van der Waals surface area contributed by atoms with Crippen LogP contribution in [0.1, 0.15) is 43.5 Å². The average molecular weight is 346 g/mol. The number of amides is 1. The minimum Gasteiger partial charge on any atom is -0.339 e. The lowest BCUT2D eigenvalue weighted by atomic mass is 9.92. The van der Waals surface area contributed by atoms with Crippen molar-refractivity contribution in [3.63, 3.8) is 0 Å². The second kappa shape index (κ2) is 5.22. The Labute approximate surface area is 147 Å². The number of likely N-dealkylation sites (tertiary alicyclic amines) is 1. The second-order valence-electron chi connectivity index (χ2n) is 8.16. The molecule has 1 unspecified atom stereocenters. The maximum atomic E-state index is 12.4. The molecule has 1 amide bonds. The smallest absolute Gasteiger partial charge is 0.223 e. The fourth-order valence-corrected chi connectivity index (χ4v) is 4.66. The van der Waals surface area contributed by atoms with Crippen molar-refractivity contribution in [1.82, 2.24) is 14.5 Å². The average Bonchev–Trinajstić information content (AvgIpc) is 2.97. The van der Waals surface area contributed by atoms with E-state index in [4.69, 9.17) is 11.6 Å². The molecule has 4 rings (SSSR count). The van der Waals surface area contributed by atoms with Crippen LogP contribution in [0, 0.1) is 19.3 Å². The molecular weight excluding hydrogens is 322 g/mol. The van der Waals surface area contributed by atoms with E-state index in [0.717, 1.165) is 42.2 Å². The van der Waals surface area contributed by atoms with Crippen molar-refractivity contribution >= 4 is 28.5 Å². The molecule has 0 aliphatic carbocycles. The molecular formula is C19H24ClN3O. The number of fused-ring (bicyclic) bond motifs is 3. The highest BCUT2D eigenvalue weighted by Crippen LogP contribution is 2.37. The van der Waals surface area contributed by atoms with E-state index in [9.17, 15) is 4.79 Å². The zero-order valence-electron chi connectivity index (χ0n) is 14.8. The Kier molecular flexibility index (Phi) is 3.47. The van der Waals surface area contributed by atoms with Crippen LogP contribution in [0.15, 0.2) is 6.20 Å². The van der Waals surface area contributed by atoms with Gasteiger partial charge in [-0.1, -0.05) is 25.4 Å². The normalized spacial score (nSPS) is 23.1. The Morgan fingerprint density at radius 1 is 1.29 bits per heavy atom. The number of hydrogen-bond donors (Lipinski definition) is 0. The standard InChI is InChI=1S/C19H24ClN3O/c1-11-14(20)9-21-18-17(11)12(2)15-7-13(5-6-22(15)18)23-10-19(3,4)8-16(23)24/h9,13H,5-8,10H2,1-4H3. The monoisotopic (exact) mass is 345 g/mol. The molecule has 4 heterocycles. The number of pyridine rings is 1. The predicted molar refractivity (Wildman–Crippen MR) is 96.4 cm³/mol. The number of aromatic nitrogens is 2. The molecule has 1 fully saturated rings. The van der Waals surface area contributed by atoms with Crippen molar-refractivity contribution in [1.29, 1.82) is 0 Å². The minimum atomic E-state index is 0.0992.